The molecular weight excluding hydrogens is 252 g/mol. The summed E-state index contributed by atoms with van der Waals surface area (Å²) in [6.07, 6.45) is 0.768. The third kappa shape index (κ3) is 3.81. The van der Waals surface area contributed by atoms with Crippen molar-refractivity contribution in [2.45, 2.75) is 30.7 Å². The SMILES string of the molecule is CC[C@H](CO)NS(=O)(=O)c1ccc(CC#N)cc1. The van der Waals surface area contributed by atoms with Crippen LogP contribution in [0, 0.1) is 11.3 Å². The smallest absolute Gasteiger partial charge is 0.240 e. The van der Waals surface area contributed by atoms with Gasteiger partial charge in [0.25, 0.3) is 0 Å². The average Bonchev–Trinajstić information content (AvgIpc) is 2.37. The fraction of sp³-hybridized carbons (Fsp3) is 0.417. The van der Waals surface area contributed by atoms with E-state index in [0.717, 1.165) is 5.56 Å². The van der Waals surface area contributed by atoms with Gasteiger partial charge < -0.3 is 5.11 Å². The summed E-state index contributed by atoms with van der Waals surface area (Å²) in [5, 5.41) is 17.5. The summed E-state index contributed by atoms with van der Waals surface area (Å²) in [5.41, 5.74) is 0.769. The molecule has 98 valence electrons. The quantitative estimate of drug-likeness (QED) is 0.798. The van der Waals surface area contributed by atoms with Gasteiger partial charge in [-0.05, 0) is 24.1 Å². The lowest BCUT2D eigenvalue weighted by Gasteiger charge is -2.14. The Kier molecular flexibility index (Phi) is 5.28. The standard InChI is InChI=1S/C12H16N2O3S/c1-2-11(9-15)14-18(16,17)12-5-3-10(4-6-12)7-8-13/h3-6,11,14-15H,2,7,9H2,1H3/t11-/m1/s1. The Bertz CT molecular complexity index is 513. The molecule has 1 rings (SSSR count). The number of rotatable bonds is 6. The molecule has 0 bridgehead atoms. The van der Waals surface area contributed by atoms with Crippen LogP contribution < -0.4 is 4.72 Å². The minimum Gasteiger partial charge on any atom is -0.395 e. The first kappa shape index (κ1) is 14.6. The number of hydrogen-bond acceptors (Lipinski definition) is 4. The van der Waals surface area contributed by atoms with Gasteiger partial charge in [0.15, 0.2) is 0 Å². The van der Waals surface area contributed by atoms with Gasteiger partial charge in [-0.2, -0.15) is 5.26 Å². The number of nitrogens with zero attached hydrogens (tertiary/aromatic N) is 1. The number of nitriles is 1. The average molecular weight is 268 g/mol. The monoisotopic (exact) mass is 268 g/mol. The number of hydrogen-bond donors (Lipinski definition) is 2. The zero-order valence-corrected chi connectivity index (χ0v) is 10.9. The third-order valence-electron chi connectivity index (χ3n) is 2.55. The zero-order valence-electron chi connectivity index (χ0n) is 10.1. The fourth-order valence-electron chi connectivity index (χ4n) is 1.41. The minimum atomic E-state index is -3.61. The van der Waals surface area contributed by atoms with E-state index in [-0.39, 0.29) is 17.9 Å². The van der Waals surface area contributed by atoms with E-state index in [4.69, 9.17) is 10.4 Å². The van der Waals surface area contributed by atoms with Crippen molar-refractivity contribution >= 4 is 10.0 Å². The van der Waals surface area contributed by atoms with E-state index in [9.17, 15) is 8.42 Å². The summed E-state index contributed by atoms with van der Waals surface area (Å²) in [7, 11) is -3.61. The first-order chi connectivity index (χ1) is 8.53. The summed E-state index contributed by atoms with van der Waals surface area (Å²) in [6, 6.07) is 7.65. The van der Waals surface area contributed by atoms with Crippen LogP contribution >= 0.6 is 0 Å². The Morgan fingerprint density at radius 1 is 1.39 bits per heavy atom. The van der Waals surface area contributed by atoms with Crippen LogP contribution in [0.4, 0.5) is 0 Å². The second kappa shape index (κ2) is 6.50. The van der Waals surface area contributed by atoms with Gasteiger partial charge >= 0.3 is 0 Å². The fourth-order valence-corrected chi connectivity index (χ4v) is 2.73. The van der Waals surface area contributed by atoms with Crippen LogP contribution in [-0.4, -0.2) is 26.2 Å². The molecule has 0 aliphatic rings. The summed E-state index contributed by atoms with van der Waals surface area (Å²) < 4.78 is 26.3. The molecule has 1 atom stereocenters. The van der Waals surface area contributed by atoms with Crippen molar-refractivity contribution in [3.05, 3.63) is 29.8 Å². The van der Waals surface area contributed by atoms with Crippen molar-refractivity contribution in [1.29, 1.82) is 5.26 Å². The lowest BCUT2D eigenvalue weighted by atomic mass is 10.2. The number of nitrogens with one attached hydrogen (secondary N) is 1. The first-order valence-corrected chi connectivity index (χ1v) is 7.11. The van der Waals surface area contributed by atoms with Crippen LogP contribution in [-0.2, 0) is 16.4 Å². The molecule has 0 saturated heterocycles. The number of benzene rings is 1. The van der Waals surface area contributed by atoms with Crippen molar-refractivity contribution in [2.24, 2.45) is 0 Å². The molecule has 0 aliphatic heterocycles. The van der Waals surface area contributed by atoms with Gasteiger partial charge in [-0.15, -0.1) is 0 Å². The Morgan fingerprint density at radius 3 is 2.44 bits per heavy atom. The molecule has 0 amide bonds. The second-order valence-electron chi connectivity index (χ2n) is 3.89. The van der Waals surface area contributed by atoms with Crippen molar-refractivity contribution < 1.29 is 13.5 Å². The van der Waals surface area contributed by atoms with E-state index in [1.807, 2.05) is 6.07 Å². The normalized spacial score (nSPS) is 12.9. The summed E-state index contributed by atoms with van der Waals surface area (Å²) in [6.45, 7) is 1.56. The van der Waals surface area contributed by atoms with Gasteiger partial charge in [0.05, 0.1) is 24.0 Å². The predicted molar refractivity (Wildman–Crippen MR) is 67.2 cm³/mol. The molecule has 5 nitrogen and oxygen atoms in total. The molecular formula is C12H16N2O3S. The molecule has 0 saturated carbocycles. The van der Waals surface area contributed by atoms with Crippen LogP contribution in [0.1, 0.15) is 18.9 Å². The van der Waals surface area contributed by atoms with E-state index >= 15 is 0 Å². The predicted octanol–water partition coefficient (Wildman–Crippen LogP) is 0.802. The molecule has 1 aromatic rings. The van der Waals surface area contributed by atoms with Gasteiger partial charge in [-0.1, -0.05) is 19.1 Å². The molecule has 0 aromatic heterocycles. The van der Waals surface area contributed by atoms with E-state index in [1.54, 1.807) is 19.1 Å². The topological polar surface area (TPSA) is 90.2 Å². The highest BCUT2D eigenvalue weighted by molar-refractivity contribution is 7.89. The van der Waals surface area contributed by atoms with Crippen LogP contribution in [0.3, 0.4) is 0 Å². The molecule has 2 N–H and O–H groups in total. The van der Waals surface area contributed by atoms with Crippen LogP contribution in [0.25, 0.3) is 0 Å². The summed E-state index contributed by atoms with van der Waals surface area (Å²) in [5.74, 6) is 0. The Labute approximate surface area is 107 Å². The van der Waals surface area contributed by atoms with Crippen molar-refractivity contribution in [2.75, 3.05) is 6.61 Å². The van der Waals surface area contributed by atoms with Crippen molar-refractivity contribution in [1.82, 2.24) is 4.72 Å². The molecule has 0 aliphatic carbocycles. The molecule has 0 radical (unpaired) electrons. The summed E-state index contributed by atoms with van der Waals surface area (Å²) in [4.78, 5) is 0.135. The highest BCUT2D eigenvalue weighted by Gasteiger charge is 2.18. The molecule has 0 fully saturated rings. The van der Waals surface area contributed by atoms with Crippen molar-refractivity contribution in [3.63, 3.8) is 0 Å². The number of aliphatic hydroxyl groups is 1. The molecule has 1 aromatic carbocycles. The van der Waals surface area contributed by atoms with Gasteiger partial charge in [0.2, 0.25) is 10.0 Å². The molecule has 0 heterocycles. The van der Waals surface area contributed by atoms with E-state index in [2.05, 4.69) is 4.72 Å². The zero-order chi connectivity index (χ0) is 13.6. The Hall–Kier alpha value is -1.42. The van der Waals surface area contributed by atoms with E-state index < -0.39 is 16.1 Å². The maximum absolute atomic E-state index is 11.9. The largest absolute Gasteiger partial charge is 0.395 e. The maximum Gasteiger partial charge on any atom is 0.240 e. The van der Waals surface area contributed by atoms with E-state index in [0.29, 0.717) is 6.42 Å². The number of aliphatic hydroxyl groups excluding tert-OH is 1. The molecule has 0 spiro atoms. The van der Waals surface area contributed by atoms with Crippen LogP contribution in [0.5, 0.6) is 0 Å². The van der Waals surface area contributed by atoms with Crippen LogP contribution in [0.2, 0.25) is 0 Å². The molecule has 18 heavy (non-hydrogen) atoms. The summed E-state index contributed by atoms with van der Waals surface area (Å²) >= 11 is 0. The van der Waals surface area contributed by atoms with Gasteiger partial charge in [0.1, 0.15) is 0 Å². The highest BCUT2D eigenvalue weighted by atomic mass is 32.2. The first-order valence-electron chi connectivity index (χ1n) is 5.62. The number of sulfonamides is 1. The van der Waals surface area contributed by atoms with Gasteiger partial charge in [-0.25, -0.2) is 13.1 Å². The Morgan fingerprint density at radius 2 is 2.00 bits per heavy atom. The molecule has 0 unspecified atom stereocenters. The van der Waals surface area contributed by atoms with Gasteiger partial charge in [-0.3, -0.25) is 0 Å². The maximum atomic E-state index is 11.9. The van der Waals surface area contributed by atoms with Crippen LogP contribution in [0.15, 0.2) is 29.2 Å². The highest BCUT2D eigenvalue weighted by Crippen LogP contribution is 2.11. The van der Waals surface area contributed by atoms with E-state index in [1.165, 1.54) is 12.1 Å². The second-order valence-corrected chi connectivity index (χ2v) is 5.60. The lowest BCUT2D eigenvalue weighted by Crippen LogP contribution is -2.36. The van der Waals surface area contributed by atoms with Gasteiger partial charge in [0, 0.05) is 6.04 Å². The Balaban J connectivity index is 2.88. The molecule has 6 heteroatoms. The third-order valence-corrected chi connectivity index (χ3v) is 4.09. The minimum absolute atomic E-state index is 0.135. The van der Waals surface area contributed by atoms with Crippen molar-refractivity contribution in [3.8, 4) is 6.07 Å². The lowest BCUT2D eigenvalue weighted by molar-refractivity contribution is 0.254.